The quantitative estimate of drug-likeness (QED) is 0.580. The molecule has 3 nitrogen and oxygen atoms in total. The van der Waals surface area contributed by atoms with Crippen LogP contribution < -0.4 is 0 Å². The third kappa shape index (κ3) is 3.64. The second-order valence-corrected chi connectivity index (χ2v) is 4.18. The van der Waals surface area contributed by atoms with Crippen LogP contribution >= 0.6 is 22.9 Å². The number of carbonyl (C=O) groups is 1. The lowest BCUT2D eigenvalue weighted by atomic mass is 10.3. The summed E-state index contributed by atoms with van der Waals surface area (Å²) in [5.41, 5.74) is -0.536. The van der Waals surface area contributed by atoms with Crippen LogP contribution in [0.25, 0.3) is 0 Å². The summed E-state index contributed by atoms with van der Waals surface area (Å²) < 4.78 is 4.97. The molecule has 1 atom stereocenters. The van der Waals surface area contributed by atoms with E-state index in [2.05, 4.69) is 11.9 Å². The largest absolute Gasteiger partial charge is 0.441 e. The Labute approximate surface area is 92.1 Å². The molecule has 0 amide bonds. The zero-order chi connectivity index (χ0) is 10.4. The van der Waals surface area contributed by atoms with Gasteiger partial charge in [-0.2, -0.15) is 0 Å². The van der Waals surface area contributed by atoms with Crippen molar-refractivity contribution in [3.63, 3.8) is 0 Å². The molecule has 0 aliphatic rings. The van der Waals surface area contributed by atoms with E-state index in [4.69, 9.17) is 16.3 Å². The third-order valence-electron chi connectivity index (χ3n) is 1.63. The summed E-state index contributed by atoms with van der Waals surface area (Å²) in [4.78, 5) is 15.2. The Hall–Kier alpha value is -0.610. The van der Waals surface area contributed by atoms with Gasteiger partial charge in [0.05, 0.1) is 0 Å². The van der Waals surface area contributed by atoms with Gasteiger partial charge in [-0.15, -0.1) is 11.3 Å². The van der Waals surface area contributed by atoms with Crippen LogP contribution in [-0.4, -0.2) is 16.5 Å². The molecule has 0 radical (unpaired) electrons. The van der Waals surface area contributed by atoms with Gasteiger partial charge in [-0.1, -0.05) is 24.9 Å². The van der Waals surface area contributed by atoms with Crippen molar-refractivity contribution in [1.29, 1.82) is 0 Å². The molecule has 1 aromatic rings. The Morgan fingerprint density at radius 3 is 3.14 bits per heavy atom. The van der Waals surface area contributed by atoms with Crippen molar-refractivity contribution in [2.75, 3.05) is 0 Å². The van der Waals surface area contributed by atoms with E-state index in [1.54, 1.807) is 11.6 Å². The van der Waals surface area contributed by atoms with Gasteiger partial charge >= 0.3 is 5.97 Å². The minimum atomic E-state index is -0.536. The van der Waals surface area contributed by atoms with E-state index in [1.807, 2.05) is 0 Å². The number of aromatic nitrogens is 1. The standard InChI is InChI=1S/C9H12ClNO2S/c1-2-3-4-7(10)13-9(12)8-11-5-6-14-8/h5-7H,2-4H2,1H3. The fourth-order valence-electron chi connectivity index (χ4n) is 0.914. The SMILES string of the molecule is CCCCC(Cl)OC(=O)c1nccs1. The van der Waals surface area contributed by atoms with Crippen LogP contribution in [0.15, 0.2) is 11.6 Å². The highest BCUT2D eigenvalue weighted by Crippen LogP contribution is 2.13. The first-order valence-corrected chi connectivity index (χ1v) is 5.80. The number of unbranched alkanes of at least 4 members (excludes halogenated alkanes) is 1. The molecule has 1 rings (SSSR count). The number of carbonyl (C=O) groups excluding carboxylic acids is 1. The Kier molecular flexibility index (Phi) is 4.90. The van der Waals surface area contributed by atoms with Crippen molar-refractivity contribution in [3.05, 3.63) is 16.6 Å². The Morgan fingerprint density at radius 1 is 1.79 bits per heavy atom. The molecule has 0 fully saturated rings. The summed E-state index contributed by atoms with van der Waals surface area (Å²) in [5.74, 6) is -0.434. The van der Waals surface area contributed by atoms with Gasteiger partial charge in [-0.05, 0) is 12.8 Å². The van der Waals surface area contributed by atoms with Crippen LogP contribution in [0.1, 0.15) is 36.0 Å². The second-order valence-electron chi connectivity index (χ2n) is 2.79. The molecule has 1 aromatic heterocycles. The fraction of sp³-hybridized carbons (Fsp3) is 0.556. The van der Waals surface area contributed by atoms with Crippen LogP contribution in [0.5, 0.6) is 0 Å². The summed E-state index contributed by atoms with van der Waals surface area (Å²) >= 11 is 7.06. The number of nitrogens with zero attached hydrogens (tertiary/aromatic N) is 1. The molecule has 78 valence electrons. The highest BCUT2D eigenvalue weighted by Gasteiger charge is 2.14. The monoisotopic (exact) mass is 233 g/mol. The van der Waals surface area contributed by atoms with Crippen molar-refractivity contribution < 1.29 is 9.53 Å². The van der Waals surface area contributed by atoms with E-state index >= 15 is 0 Å². The number of ether oxygens (including phenoxy) is 1. The minimum absolute atomic E-state index is 0.354. The molecule has 0 aliphatic heterocycles. The summed E-state index contributed by atoms with van der Waals surface area (Å²) in [7, 11) is 0. The topological polar surface area (TPSA) is 39.2 Å². The highest BCUT2D eigenvalue weighted by molar-refractivity contribution is 7.11. The summed E-state index contributed by atoms with van der Waals surface area (Å²) in [5, 5.41) is 2.08. The van der Waals surface area contributed by atoms with Crippen molar-refractivity contribution >= 4 is 28.9 Å². The predicted octanol–water partition coefficient (Wildman–Crippen LogP) is 3.06. The Balaban J connectivity index is 2.34. The molecular formula is C9H12ClNO2S. The number of rotatable bonds is 5. The predicted molar refractivity (Wildman–Crippen MR) is 56.7 cm³/mol. The zero-order valence-corrected chi connectivity index (χ0v) is 9.48. The smallest absolute Gasteiger partial charge is 0.368 e. The molecular weight excluding hydrogens is 222 g/mol. The first-order chi connectivity index (χ1) is 6.74. The van der Waals surface area contributed by atoms with Gasteiger partial charge in [0, 0.05) is 11.6 Å². The number of halogens is 1. The number of esters is 1. The van der Waals surface area contributed by atoms with Gasteiger partial charge < -0.3 is 4.74 Å². The van der Waals surface area contributed by atoms with E-state index in [0.717, 1.165) is 12.8 Å². The van der Waals surface area contributed by atoms with Crippen LogP contribution in [-0.2, 0) is 4.74 Å². The van der Waals surface area contributed by atoms with Crippen LogP contribution in [0.3, 0.4) is 0 Å². The summed E-state index contributed by atoms with van der Waals surface area (Å²) in [6, 6.07) is 0. The third-order valence-corrected chi connectivity index (χ3v) is 2.69. The van der Waals surface area contributed by atoms with Crippen molar-refractivity contribution in [2.45, 2.75) is 31.7 Å². The van der Waals surface area contributed by atoms with Gasteiger partial charge in [-0.25, -0.2) is 9.78 Å². The molecule has 5 heteroatoms. The van der Waals surface area contributed by atoms with E-state index in [9.17, 15) is 4.79 Å². The molecule has 0 saturated carbocycles. The second kappa shape index (κ2) is 5.98. The number of thiazole rings is 1. The van der Waals surface area contributed by atoms with Gasteiger partial charge in [0.2, 0.25) is 5.01 Å². The highest BCUT2D eigenvalue weighted by atomic mass is 35.5. The van der Waals surface area contributed by atoms with Gasteiger partial charge in [-0.3, -0.25) is 0 Å². The molecule has 0 N–H and O–H groups in total. The number of hydrogen-bond donors (Lipinski definition) is 0. The fourth-order valence-corrected chi connectivity index (χ4v) is 1.67. The summed E-state index contributed by atoms with van der Waals surface area (Å²) in [6.07, 6.45) is 4.25. The van der Waals surface area contributed by atoms with E-state index in [-0.39, 0.29) is 0 Å². The molecule has 0 bridgehead atoms. The van der Waals surface area contributed by atoms with Crippen molar-refractivity contribution in [1.82, 2.24) is 4.98 Å². The molecule has 0 aliphatic carbocycles. The Bertz CT molecular complexity index is 276. The van der Waals surface area contributed by atoms with E-state index < -0.39 is 11.5 Å². The Morgan fingerprint density at radius 2 is 2.57 bits per heavy atom. The van der Waals surface area contributed by atoms with Crippen molar-refractivity contribution in [2.24, 2.45) is 0 Å². The van der Waals surface area contributed by atoms with Gasteiger partial charge in [0.15, 0.2) is 5.56 Å². The molecule has 1 heterocycles. The molecule has 1 unspecified atom stereocenters. The van der Waals surface area contributed by atoms with Crippen LogP contribution in [0.2, 0.25) is 0 Å². The molecule has 14 heavy (non-hydrogen) atoms. The number of hydrogen-bond acceptors (Lipinski definition) is 4. The van der Waals surface area contributed by atoms with E-state index in [0.29, 0.717) is 11.4 Å². The first kappa shape index (κ1) is 11.5. The van der Waals surface area contributed by atoms with Crippen molar-refractivity contribution in [3.8, 4) is 0 Å². The molecule has 0 aromatic carbocycles. The lowest BCUT2D eigenvalue weighted by Crippen LogP contribution is -2.12. The number of alkyl halides is 1. The normalized spacial score (nSPS) is 12.4. The first-order valence-electron chi connectivity index (χ1n) is 4.48. The summed E-state index contributed by atoms with van der Waals surface area (Å²) in [6.45, 7) is 2.06. The maximum Gasteiger partial charge on any atom is 0.368 e. The average molecular weight is 234 g/mol. The zero-order valence-electron chi connectivity index (χ0n) is 7.90. The lowest BCUT2D eigenvalue weighted by molar-refractivity contribution is 0.0433. The van der Waals surface area contributed by atoms with Gasteiger partial charge in [0.1, 0.15) is 0 Å². The maximum atomic E-state index is 11.3. The molecule has 0 saturated heterocycles. The average Bonchev–Trinajstić information content (AvgIpc) is 2.67. The van der Waals surface area contributed by atoms with Crippen LogP contribution in [0.4, 0.5) is 0 Å². The van der Waals surface area contributed by atoms with Gasteiger partial charge in [0.25, 0.3) is 0 Å². The van der Waals surface area contributed by atoms with Crippen LogP contribution in [0, 0.1) is 0 Å². The minimum Gasteiger partial charge on any atom is -0.441 e. The van der Waals surface area contributed by atoms with E-state index in [1.165, 1.54) is 11.3 Å². The lowest BCUT2D eigenvalue weighted by Gasteiger charge is -2.08. The maximum absolute atomic E-state index is 11.3. The molecule has 0 spiro atoms.